The molecule has 1 N–H and O–H groups in total. The van der Waals surface area contributed by atoms with Gasteiger partial charge in [0.25, 0.3) is 5.91 Å². The van der Waals surface area contributed by atoms with Gasteiger partial charge in [-0.15, -0.1) is 0 Å². The Bertz CT molecular complexity index is 604. The second-order valence-electron chi connectivity index (χ2n) is 6.43. The summed E-state index contributed by atoms with van der Waals surface area (Å²) < 4.78 is 22.3. The van der Waals surface area contributed by atoms with E-state index in [-0.39, 0.29) is 24.6 Å². The zero-order chi connectivity index (χ0) is 17.2. The molecule has 0 aliphatic carbocycles. The normalized spacial score (nSPS) is 25.7. The minimum Gasteiger partial charge on any atom is -0.341 e. The number of hydrogen-bond acceptors (Lipinski definition) is 5. The highest BCUT2D eigenvalue weighted by Crippen LogP contribution is 2.17. The summed E-state index contributed by atoms with van der Waals surface area (Å²) in [6.45, 7) is 3.06. The molecule has 2 fully saturated rings. The zero-order valence-electron chi connectivity index (χ0n) is 13.4. The number of hydrogen-bond donors (Lipinski definition) is 1. The number of amides is 4. The predicted octanol–water partition coefficient (Wildman–Crippen LogP) is -0.400. The zero-order valence-corrected chi connectivity index (χ0v) is 14.3. The highest BCUT2D eigenvalue weighted by atomic mass is 32.2. The van der Waals surface area contributed by atoms with Crippen LogP contribution in [0.3, 0.4) is 0 Å². The van der Waals surface area contributed by atoms with Crippen molar-refractivity contribution < 1.29 is 22.8 Å². The molecule has 0 aromatic rings. The van der Waals surface area contributed by atoms with Gasteiger partial charge in [-0.25, -0.2) is 13.2 Å². The summed E-state index contributed by atoms with van der Waals surface area (Å²) in [4.78, 5) is 38.9. The number of nitrogens with zero attached hydrogens (tertiary/aromatic N) is 2. The number of carbonyl (C=O) groups excluding carboxylic acids is 3. The molecule has 0 aromatic carbocycles. The largest absolute Gasteiger partial charge is 0.341 e. The molecule has 0 radical (unpaired) electrons. The number of imide groups is 1. The van der Waals surface area contributed by atoms with E-state index < -0.39 is 27.8 Å². The maximum atomic E-state index is 12.3. The number of sulfone groups is 1. The summed E-state index contributed by atoms with van der Waals surface area (Å²) in [6, 6.07) is -1.50. The van der Waals surface area contributed by atoms with E-state index in [1.165, 1.54) is 0 Å². The first-order chi connectivity index (χ1) is 10.7. The number of nitrogens with one attached hydrogen (secondary N) is 1. The molecule has 4 amide bonds. The molecule has 9 heteroatoms. The molecule has 0 unspecified atom stereocenters. The third kappa shape index (κ3) is 4.66. The fraction of sp³-hybridized carbons (Fsp3) is 0.786. The molecule has 2 aliphatic rings. The van der Waals surface area contributed by atoms with Crippen molar-refractivity contribution in [3.63, 3.8) is 0 Å². The quantitative estimate of drug-likeness (QED) is 0.683. The van der Waals surface area contributed by atoms with E-state index in [0.717, 1.165) is 24.0 Å². The van der Waals surface area contributed by atoms with Crippen LogP contribution >= 0.6 is 0 Å². The van der Waals surface area contributed by atoms with E-state index >= 15 is 0 Å². The maximum Gasteiger partial charge on any atom is 0.325 e. The Labute approximate surface area is 136 Å². The van der Waals surface area contributed by atoms with Crippen LogP contribution in [-0.2, 0) is 19.4 Å². The molecule has 2 saturated heterocycles. The second kappa shape index (κ2) is 6.86. The van der Waals surface area contributed by atoms with E-state index in [1.807, 2.05) is 0 Å². The lowest BCUT2D eigenvalue weighted by molar-refractivity contribution is -0.138. The van der Waals surface area contributed by atoms with Gasteiger partial charge in [-0.2, -0.15) is 0 Å². The minimum absolute atomic E-state index is 0.0227. The summed E-state index contributed by atoms with van der Waals surface area (Å²) >= 11 is 0. The Morgan fingerprint density at radius 3 is 2.65 bits per heavy atom. The second-order valence-corrected chi connectivity index (χ2v) is 8.69. The smallest absolute Gasteiger partial charge is 0.325 e. The third-order valence-electron chi connectivity index (χ3n) is 4.19. The molecule has 23 heavy (non-hydrogen) atoms. The van der Waals surface area contributed by atoms with Gasteiger partial charge in [-0.1, -0.05) is 6.92 Å². The van der Waals surface area contributed by atoms with Crippen molar-refractivity contribution in [3.8, 4) is 0 Å². The topological polar surface area (TPSA) is 104 Å². The van der Waals surface area contributed by atoms with Crippen molar-refractivity contribution in [1.29, 1.82) is 0 Å². The van der Waals surface area contributed by atoms with Crippen LogP contribution in [0.25, 0.3) is 0 Å². The number of rotatable bonds is 5. The van der Waals surface area contributed by atoms with Gasteiger partial charge in [0, 0.05) is 19.3 Å². The van der Waals surface area contributed by atoms with Crippen LogP contribution in [-0.4, -0.2) is 73.7 Å². The van der Waals surface area contributed by atoms with Gasteiger partial charge in [0.05, 0.1) is 5.75 Å². The van der Waals surface area contributed by atoms with Crippen LogP contribution in [0.1, 0.15) is 26.2 Å². The first-order valence-electron chi connectivity index (χ1n) is 7.75. The van der Waals surface area contributed by atoms with Gasteiger partial charge in [0.2, 0.25) is 5.91 Å². The molecule has 2 rings (SSSR count). The van der Waals surface area contributed by atoms with Gasteiger partial charge >= 0.3 is 6.03 Å². The number of piperidine rings is 1. The Morgan fingerprint density at radius 1 is 1.35 bits per heavy atom. The number of urea groups is 1. The highest BCUT2D eigenvalue weighted by molar-refractivity contribution is 7.90. The standard InChI is InChI=1S/C14H23N3O5S/c1-10-4-3-6-16(8-10)12(18)9-17-13(19)11(15-14(17)20)5-7-23(2,21)22/h10-11H,3-9H2,1-2H3,(H,15,20)/t10-,11-/m1/s1. The fourth-order valence-electron chi connectivity index (χ4n) is 2.91. The predicted molar refractivity (Wildman–Crippen MR) is 83.3 cm³/mol. The summed E-state index contributed by atoms with van der Waals surface area (Å²) in [7, 11) is -3.21. The van der Waals surface area contributed by atoms with Gasteiger partial charge in [-0.05, 0) is 25.2 Å². The molecule has 2 atom stereocenters. The molecular formula is C14H23N3O5S. The number of likely N-dealkylation sites (tertiary alicyclic amines) is 1. The molecular weight excluding hydrogens is 322 g/mol. The number of carbonyl (C=O) groups is 3. The van der Waals surface area contributed by atoms with E-state index in [1.54, 1.807) is 4.90 Å². The van der Waals surface area contributed by atoms with Crippen LogP contribution < -0.4 is 5.32 Å². The average Bonchev–Trinajstić information content (AvgIpc) is 2.72. The van der Waals surface area contributed by atoms with Crippen molar-refractivity contribution in [2.75, 3.05) is 31.6 Å². The lowest BCUT2D eigenvalue weighted by atomic mass is 10.0. The van der Waals surface area contributed by atoms with Crippen molar-refractivity contribution in [3.05, 3.63) is 0 Å². The van der Waals surface area contributed by atoms with Crippen LogP contribution in [0.5, 0.6) is 0 Å². The monoisotopic (exact) mass is 345 g/mol. The van der Waals surface area contributed by atoms with Crippen molar-refractivity contribution >= 4 is 27.7 Å². The summed E-state index contributed by atoms with van der Waals surface area (Å²) in [6.07, 6.45) is 3.09. The molecule has 0 aromatic heterocycles. The summed E-state index contributed by atoms with van der Waals surface area (Å²) in [5, 5.41) is 2.45. The summed E-state index contributed by atoms with van der Waals surface area (Å²) in [5.74, 6) is -0.547. The van der Waals surface area contributed by atoms with Crippen molar-refractivity contribution in [2.24, 2.45) is 5.92 Å². The van der Waals surface area contributed by atoms with E-state index in [4.69, 9.17) is 0 Å². The minimum atomic E-state index is -3.21. The van der Waals surface area contributed by atoms with E-state index in [0.29, 0.717) is 19.0 Å². The van der Waals surface area contributed by atoms with E-state index in [2.05, 4.69) is 12.2 Å². The van der Waals surface area contributed by atoms with Crippen LogP contribution in [0, 0.1) is 5.92 Å². The molecule has 2 aliphatic heterocycles. The van der Waals surface area contributed by atoms with Crippen LogP contribution in [0.2, 0.25) is 0 Å². The SMILES string of the molecule is C[C@@H]1CCCN(C(=O)CN2C(=O)N[C@H](CCS(C)(=O)=O)C2=O)C1. The molecule has 0 spiro atoms. The first-order valence-corrected chi connectivity index (χ1v) is 9.81. The Kier molecular flexibility index (Phi) is 5.28. The highest BCUT2D eigenvalue weighted by Gasteiger charge is 2.39. The summed E-state index contributed by atoms with van der Waals surface area (Å²) in [5.41, 5.74) is 0. The van der Waals surface area contributed by atoms with E-state index in [9.17, 15) is 22.8 Å². The van der Waals surface area contributed by atoms with Crippen molar-refractivity contribution in [2.45, 2.75) is 32.2 Å². The lowest BCUT2D eigenvalue weighted by Crippen LogP contribution is -2.46. The first kappa shape index (κ1) is 17.7. The third-order valence-corrected chi connectivity index (χ3v) is 5.16. The van der Waals surface area contributed by atoms with Crippen LogP contribution in [0.4, 0.5) is 4.79 Å². The van der Waals surface area contributed by atoms with Crippen molar-refractivity contribution in [1.82, 2.24) is 15.1 Å². The Morgan fingerprint density at radius 2 is 2.04 bits per heavy atom. The fourth-order valence-corrected chi connectivity index (χ4v) is 3.57. The Hall–Kier alpha value is -1.64. The van der Waals surface area contributed by atoms with Crippen LogP contribution in [0.15, 0.2) is 0 Å². The maximum absolute atomic E-state index is 12.3. The average molecular weight is 345 g/mol. The lowest BCUT2D eigenvalue weighted by Gasteiger charge is -2.31. The Balaban J connectivity index is 1.93. The molecule has 8 nitrogen and oxygen atoms in total. The van der Waals surface area contributed by atoms with Gasteiger partial charge in [0.1, 0.15) is 22.4 Å². The molecule has 130 valence electrons. The van der Waals surface area contributed by atoms with Gasteiger partial charge in [-0.3, -0.25) is 14.5 Å². The molecule has 2 heterocycles. The molecule has 0 saturated carbocycles. The van der Waals surface area contributed by atoms with Gasteiger partial charge in [0.15, 0.2) is 0 Å². The van der Waals surface area contributed by atoms with Gasteiger partial charge < -0.3 is 10.2 Å². The molecule has 0 bridgehead atoms.